The fourth-order valence-electron chi connectivity index (χ4n) is 3.42. The molecule has 2 aromatic rings. The smallest absolute Gasteiger partial charge is 0.282 e. The summed E-state index contributed by atoms with van der Waals surface area (Å²) in [6, 6.07) is 11.8. The molecule has 0 fully saturated rings. The average Bonchev–Trinajstić information content (AvgIpc) is 3.03. The summed E-state index contributed by atoms with van der Waals surface area (Å²) in [6.45, 7) is 0.00707. The van der Waals surface area contributed by atoms with Gasteiger partial charge in [-0.3, -0.25) is 9.59 Å². The Hall–Kier alpha value is -3.52. The monoisotopic (exact) mass is 412 g/mol. The van der Waals surface area contributed by atoms with Crippen LogP contribution in [0, 0.1) is 0 Å². The van der Waals surface area contributed by atoms with Crippen LogP contribution in [0.1, 0.15) is 5.56 Å². The lowest BCUT2D eigenvalue weighted by molar-refractivity contribution is -0.120. The Morgan fingerprint density at radius 3 is 2.27 bits per heavy atom. The molecule has 0 saturated carbocycles. The van der Waals surface area contributed by atoms with Crippen molar-refractivity contribution < 1.29 is 28.9 Å². The minimum Gasteiger partial charge on any atom is -0.497 e. The minimum atomic E-state index is -0.514. The highest BCUT2D eigenvalue weighted by molar-refractivity contribution is 6.46. The molecule has 0 saturated heterocycles. The van der Waals surface area contributed by atoms with Crippen LogP contribution < -0.4 is 19.1 Å². The Morgan fingerprint density at radius 1 is 0.933 bits per heavy atom. The summed E-state index contributed by atoms with van der Waals surface area (Å²) in [5.41, 5.74) is 1.17. The molecule has 0 bridgehead atoms. The normalized spacial score (nSPS) is 13.7. The number of rotatable bonds is 8. The molecule has 0 unspecified atom stereocenters. The molecule has 158 valence electrons. The molecule has 0 radical (unpaired) electrons. The van der Waals surface area contributed by atoms with E-state index >= 15 is 0 Å². The SMILES string of the molecule is COc1ccc(N2C(=O)C(c3ccccc3OC)=C(N(C)CCO)C2=O)c(OC)c1. The summed E-state index contributed by atoms with van der Waals surface area (Å²) in [5, 5.41) is 9.40. The molecule has 8 heteroatoms. The third-order valence-corrected chi connectivity index (χ3v) is 4.88. The molecule has 0 atom stereocenters. The number of hydrogen-bond donors (Lipinski definition) is 1. The number of carbonyl (C=O) groups is 2. The maximum absolute atomic E-state index is 13.5. The fraction of sp³-hybridized carbons (Fsp3) is 0.273. The Balaban J connectivity index is 2.19. The molecule has 1 aliphatic rings. The van der Waals surface area contributed by atoms with Crippen LogP contribution in [0.25, 0.3) is 5.57 Å². The van der Waals surface area contributed by atoms with Crippen molar-refractivity contribution >= 4 is 23.1 Å². The molecular formula is C22H24N2O6. The van der Waals surface area contributed by atoms with Gasteiger partial charge in [-0.05, 0) is 18.2 Å². The number of ether oxygens (including phenoxy) is 3. The number of imide groups is 1. The van der Waals surface area contributed by atoms with E-state index < -0.39 is 11.8 Å². The summed E-state index contributed by atoms with van der Waals surface area (Å²) in [7, 11) is 6.13. The standard InChI is InChI=1S/C22H24N2O6/c1-23(11-12-25)20-19(15-7-5-6-8-17(15)29-3)21(26)24(22(20)27)16-10-9-14(28-2)13-18(16)30-4/h5-10,13,25H,11-12H2,1-4H3. The lowest BCUT2D eigenvalue weighted by Gasteiger charge is -2.21. The van der Waals surface area contributed by atoms with E-state index in [0.717, 1.165) is 4.90 Å². The van der Waals surface area contributed by atoms with Gasteiger partial charge in [-0.15, -0.1) is 0 Å². The molecule has 8 nitrogen and oxygen atoms in total. The first-order valence-corrected chi connectivity index (χ1v) is 9.28. The number of amides is 2. The molecule has 2 aromatic carbocycles. The van der Waals surface area contributed by atoms with Crippen LogP contribution >= 0.6 is 0 Å². The van der Waals surface area contributed by atoms with Gasteiger partial charge in [-0.2, -0.15) is 0 Å². The molecular weight excluding hydrogens is 388 g/mol. The van der Waals surface area contributed by atoms with Crippen LogP contribution in [0.4, 0.5) is 5.69 Å². The number of anilines is 1. The van der Waals surface area contributed by atoms with E-state index in [1.807, 2.05) is 0 Å². The summed E-state index contributed by atoms with van der Waals surface area (Å²) in [4.78, 5) is 29.6. The fourth-order valence-corrected chi connectivity index (χ4v) is 3.42. The molecule has 1 heterocycles. The Kier molecular flexibility index (Phi) is 6.27. The van der Waals surface area contributed by atoms with E-state index in [1.54, 1.807) is 54.4 Å². The van der Waals surface area contributed by atoms with Gasteiger partial charge >= 0.3 is 0 Å². The lowest BCUT2D eigenvalue weighted by atomic mass is 10.0. The van der Waals surface area contributed by atoms with Crippen LogP contribution in [-0.4, -0.2) is 63.3 Å². The highest BCUT2D eigenvalue weighted by Gasteiger charge is 2.43. The third-order valence-electron chi connectivity index (χ3n) is 4.88. The van der Waals surface area contributed by atoms with Crippen molar-refractivity contribution in [2.45, 2.75) is 0 Å². The van der Waals surface area contributed by atoms with E-state index in [-0.39, 0.29) is 24.4 Å². The van der Waals surface area contributed by atoms with Crippen molar-refractivity contribution in [3.05, 3.63) is 53.7 Å². The molecule has 0 spiro atoms. The molecule has 30 heavy (non-hydrogen) atoms. The second-order valence-electron chi connectivity index (χ2n) is 6.55. The van der Waals surface area contributed by atoms with Gasteiger partial charge in [0.15, 0.2) is 0 Å². The number of aliphatic hydroxyl groups is 1. The molecule has 0 aromatic heterocycles. The van der Waals surface area contributed by atoms with Crippen LogP contribution in [0.3, 0.4) is 0 Å². The molecule has 1 N–H and O–H groups in total. The summed E-state index contributed by atoms with van der Waals surface area (Å²) >= 11 is 0. The second kappa shape index (κ2) is 8.87. The minimum absolute atomic E-state index is 0.174. The molecule has 1 aliphatic heterocycles. The van der Waals surface area contributed by atoms with E-state index in [4.69, 9.17) is 14.2 Å². The summed E-state index contributed by atoms with van der Waals surface area (Å²) < 4.78 is 16.0. The largest absolute Gasteiger partial charge is 0.497 e. The number of para-hydroxylation sites is 1. The number of methoxy groups -OCH3 is 3. The van der Waals surface area contributed by atoms with Crippen LogP contribution in [0.5, 0.6) is 17.2 Å². The van der Waals surface area contributed by atoms with Crippen molar-refractivity contribution in [2.75, 3.05) is 46.4 Å². The zero-order valence-corrected chi connectivity index (χ0v) is 17.3. The highest BCUT2D eigenvalue weighted by atomic mass is 16.5. The Labute approximate surface area is 174 Å². The van der Waals surface area contributed by atoms with Crippen molar-refractivity contribution in [3.63, 3.8) is 0 Å². The second-order valence-corrected chi connectivity index (χ2v) is 6.55. The van der Waals surface area contributed by atoms with Crippen LogP contribution in [0.15, 0.2) is 48.2 Å². The van der Waals surface area contributed by atoms with Gasteiger partial charge in [-0.1, -0.05) is 18.2 Å². The first-order chi connectivity index (χ1) is 14.5. The first-order valence-electron chi connectivity index (χ1n) is 9.28. The van der Waals surface area contributed by atoms with E-state index in [0.29, 0.717) is 28.5 Å². The lowest BCUT2D eigenvalue weighted by Crippen LogP contribution is -2.35. The zero-order valence-electron chi connectivity index (χ0n) is 17.3. The quantitative estimate of drug-likeness (QED) is 0.663. The van der Waals surface area contributed by atoms with Gasteiger partial charge in [0.25, 0.3) is 11.8 Å². The highest BCUT2D eigenvalue weighted by Crippen LogP contribution is 2.41. The summed E-state index contributed by atoms with van der Waals surface area (Å²) in [5.74, 6) is 0.298. The van der Waals surface area contributed by atoms with Gasteiger partial charge in [-0.25, -0.2) is 4.90 Å². The number of hydrogen-bond acceptors (Lipinski definition) is 7. The Bertz CT molecular complexity index is 1000. The van der Waals surface area contributed by atoms with E-state index in [9.17, 15) is 14.7 Å². The summed E-state index contributed by atoms with van der Waals surface area (Å²) in [6.07, 6.45) is 0. The predicted octanol–water partition coefficient (Wildman–Crippen LogP) is 1.92. The average molecular weight is 412 g/mol. The van der Waals surface area contributed by atoms with Gasteiger partial charge in [0.1, 0.15) is 22.9 Å². The van der Waals surface area contributed by atoms with Crippen molar-refractivity contribution in [3.8, 4) is 17.2 Å². The number of carbonyl (C=O) groups excluding carboxylic acids is 2. The van der Waals surface area contributed by atoms with Crippen LogP contribution in [-0.2, 0) is 9.59 Å². The molecule has 2 amide bonds. The molecule has 0 aliphatic carbocycles. The maximum atomic E-state index is 13.5. The third kappa shape index (κ3) is 3.57. The van der Waals surface area contributed by atoms with Crippen molar-refractivity contribution in [2.24, 2.45) is 0 Å². The van der Waals surface area contributed by atoms with E-state index in [2.05, 4.69) is 0 Å². The number of likely N-dealkylation sites (N-methyl/N-ethyl adjacent to an activating group) is 1. The van der Waals surface area contributed by atoms with Crippen LogP contribution in [0.2, 0.25) is 0 Å². The molecule has 3 rings (SSSR count). The zero-order chi connectivity index (χ0) is 21.8. The maximum Gasteiger partial charge on any atom is 0.282 e. The topological polar surface area (TPSA) is 88.5 Å². The van der Waals surface area contributed by atoms with Crippen molar-refractivity contribution in [1.82, 2.24) is 4.90 Å². The van der Waals surface area contributed by atoms with Gasteiger partial charge in [0.2, 0.25) is 0 Å². The Morgan fingerprint density at radius 2 is 1.63 bits per heavy atom. The predicted molar refractivity (Wildman–Crippen MR) is 112 cm³/mol. The number of benzene rings is 2. The first kappa shape index (κ1) is 21.2. The number of aliphatic hydroxyl groups excluding tert-OH is 1. The van der Waals surface area contributed by atoms with Crippen molar-refractivity contribution in [1.29, 1.82) is 0 Å². The van der Waals surface area contributed by atoms with E-state index in [1.165, 1.54) is 21.3 Å². The van der Waals surface area contributed by atoms with Gasteiger partial charge in [0.05, 0.1) is 39.2 Å². The number of nitrogens with zero attached hydrogens (tertiary/aromatic N) is 2. The van der Waals surface area contributed by atoms with Gasteiger partial charge < -0.3 is 24.2 Å². The van der Waals surface area contributed by atoms with Gasteiger partial charge in [0, 0.05) is 25.2 Å².